The number of halogens is 1. The maximum atomic E-state index is 12.2. The minimum atomic E-state index is -0.370. The number of carbonyl (C=O) groups excluding carboxylic acids is 1. The first-order valence-electron chi connectivity index (χ1n) is 3.82. The molecule has 64 valence electrons. The third-order valence-corrected chi connectivity index (χ3v) is 2.04. The van der Waals surface area contributed by atoms with Crippen LogP contribution in [0.15, 0.2) is 0 Å². The molecule has 11 heavy (non-hydrogen) atoms. The molecule has 0 radical (unpaired) electrons. The van der Waals surface area contributed by atoms with Crippen LogP contribution in [0.4, 0.5) is 4.39 Å². The molecular weight excluding hydrogens is 147 g/mol. The Balaban J connectivity index is 2.37. The van der Waals surface area contributed by atoms with Gasteiger partial charge in [0.15, 0.2) is 0 Å². The number of nitrogens with two attached hydrogens (primary N) is 1. The molecular formula is C7H13FN2O. The third-order valence-electron chi connectivity index (χ3n) is 2.04. The summed E-state index contributed by atoms with van der Waals surface area (Å²) in [6.07, 6.45) is 1.83. The minimum absolute atomic E-state index is 0.0671. The predicted molar refractivity (Wildman–Crippen MR) is 39.8 cm³/mol. The zero-order valence-electron chi connectivity index (χ0n) is 6.42. The molecule has 0 bridgehead atoms. The van der Waals surface area contributed by atoms with Crippen LogP contribution in [0.1, 0.15) is 12.8 Å². The van der Waals surface area contributed by atoms with Crippen LogP contribution in [0.2, 0.25) is 0 Å². The van der Waals surface area contributed by atoms with Gasteiger partial charge in [-0.3, -0.25) is 9.69 Å². The molecule has 1 atom stereocenters. The maximum absolute atomic E-state index is 12.2. The lowest BCUT2D eigenvalue weighted by molar-refractivity contribution is -0.119. The van der Waals surface area contributed by atoms with Crippen molar-refractivity contribution in [3.8, 4) is 0 Å². The molecule has 1 aliphatic rings. The zero-order valence-corrected chi connectivity index (χ0v) is 6.42. The normalized spacial score (nSPS) is 25.7. The van der Waals surface area contributed by atoms with Gasteiger partial charge < -0.3 is 5.73 Å². The standard InChI is InChI=1S/C7H13FN2O/c8-4-6-2-1-3-10(6)5-7(9)11/h6H,1-5H2,(H2,9,11)/t6-/m0/s1. The summed E-state index contributed by atoms with van der Waals surface area (Å²) >= 11 is 0. The van der Waals surface area contributed by atoms with E-state index in [0.717, 1.165) is 19.4 Å². The Morgan fingerprint density at radius 1 is 1.73 bits per heavy atom. The third kappa shape index (κ3) is 2.15. The van der Waals surface area contributed by atoms with E-state index in [1.165, 1.54) is 0 Å². The van der Waals surface area contributed by atoms with Crippen LogP contribution in [0.5, 0.6) is 0 Å². The van der Waals surface area contributed by atoms with Gasteiger partial charge in [-0.25, -0.2) is 4.39 Å². The summed E-state index contributed by atoms with van der Waals surface area (Å²) in [5, 5.41) is 0. The molecule has 0 unspecified atom stereocenters. The highest BCUT2D eigenvalue weighted by molar-refractivity contribution is 5.76. The first kappa shape index (κ1) is 8.46. The Morgan fingerprint density at radius 2 is 2.45 bits per heavy atom. The molecule has 0 saturated carbocycles. The van der Waals surface area contributed by atoms with Gasteiger partial charge in [-0.2, -0.15) is 0 Å². The lowest BCUT2D eigenvalue weighted by Gasteiger charge is -2.19. The number of hydrogen-bond acceptors (Lipinski definition) is 2. The van der Waals surface area contributed by atoms with Crippen molar-refractivity contribution in [3.63, 3.8) is 0 Å². The van der Waals surface area contributed by atoms with Crippen molar-refractivity contribution >= 4 is 5.91 Å². The van der Waals surface area contributed by atoms with Gasteiger partial charge in [0.1, 0.15) is 6.67 Å². The average Bonchev–Trinajstić information content (AvgIpc) is 2.34. The number of likely N-dealkylation sites (tertiary alicyclic amines) is 1. The first-order chi connectivity index (χ1) is 5.24. The van der Waals surface area contributed by atoms with Gasteiger partial charge in [0.25, 0.3) is 0 Å². The van der Waals surface area contributed by atoms with Crippen molar-refractivity contribution < 1.29 is 9.18 Å². The monoisotopic (exact) mass is 160 g/mol. The van der Waals surface area contributed by atoms with E-state index < -0.39 is 0 Å². The van der Waals surface area contributed by atoms with Gasteiger partial charge in [0.05, 0.1) is 6.54 Å². The van der Waals surface area contributed by atoms with E-state index in [0.29, 0.717) is 0 Å². The number of primary amides is 1. The molecule has 1 fully saturated rings. The quantitative estimate of drug-likeness (QED) is 0.627. The van der Waals surface area contributed by atoms with Crippen molar-refractivity contribution in [2.24, 2.45) is 5.73 Å². The smallest absolute Gasteiger partial charge is 0.231 e. The SMILES string of the molecule is NC(=O)CN1CCC[C@H]1CF. The molecule has 0 aromatic carbocycles. The highest BCUT2D eigenvalue weighted by Crippen LogP contribution is 2.16. The zero-order chi connectivity index (χ0) is 8.27. The molecule has 0 aromatic rings. The van der Waals surface area contributed by atoms with Gasteiger partial charge in [-0.05, 0) is 19.4 Å². The van der Waals surface area contributed by atoms with Crippen LogP contribution in [0.25, 0.3) is 0 Å². The van der Waals surface area contributed by atoms with Gasteiger partial charge in [0.2, 0.25) is 5.91 Å². The molecule has 0 spiro atoms. The van der Waals surface area contributed by atoms with Crippen molar-refractivity contribution in [2.45, 2.75) is 18.9 Å². The second-order valence-corrected chi connectivity index (χ2v) is 2.89. The van der Waals surface area contributed by atoms with Crippen molar-refractivity contribution in [2.75, 3.05) is 19.8 Å². The highest BCUT2D eigenvalue weighted by atomic mass is 19.1. The summed E-state index contributed by atoms with van der Waals surface area (Å²) in [6, 6.07) is -0.0671. The first-order valence-corrected chi connectivity index (χ1v) is 3.82. The second kappa shape index (κ2) is 3.67. The fourth-order valence-corrected chi connectivity index (χ4v) is 1.48. The minimum Gasteiger partial charge on any atom is -0.369 e. The van der Waals surface area contributed by atoms with E-state index >= 15 is 0 Å². The lowest BCUT2D eigenvalue weighted by Crippen LogP contribution is -2.38. The summed E-state index contributed by atoms with van der Waals surface area (Å²) < 4.78 is 12.2. The number of carbonyl (C=O) groups is 1. The average molecular weight is 160 g/mol. The molecule has 0 aliphatic carbocycles. The van der Waals surface area contributed by atoms with E-state index in [9.17, 15) is 9.18 Å². The van der Waals surface area contributed by atoms with Crippen LogP contribution in [0, 0.1) is 0 Å². The number of amides is 1. The van der Waals surface area contributed by atoms with E-state index in [-0.39, 0.29) is 25.2 Å². The largest absolute Gasteiger partial charge is 0.369 e. The van der Waals surface area contributed by atoms with Gasteiger partial charge in [-0.15, -0.1) is 0 Å². The number of rotatable bonds is 3. The molecule has 0 aromatic heterocycles. The molecule has 1 heterocycles. The highest BCUT2D eigenvalue weighted by Gasteiger charge is 2.24. The van der Waals surface area contributed by atoms with Crippen LogP contribution in [-0.4, -0.2) is 36.6 Å². The Hall–Kier alpha value is -0.640. The van der Waals surface area contributed by atoms with E-state index in [4.69, 9.17) is 5.73 Å². The number of alkyl halides is 1. The van der Waals surface area contributed by atoms with Crippen LogP contribution < -0.4 is 5.73 Å². The fourth-order valence-electron chi connectivity index (χ4n) is 1.48. The molecule has 3 nitrogen and oxygen atoms in total. The summed E-state index contributed by atoms with van der Waals surface area (Å²) in [7, 11) is 0. The molecule has 1 aliphatic heterocycles. The van der Waals surface area contributed by atoms with E-state index in [1.54, 1.807) is 0 Å². The molecule has 2 N–H and O–H groups in total. The van der Waals surface area contributed by atoms with E-state index in [1.807, 2.05) is 4.90 Å². The van der Waals surface area contributed by atoms with Crippen LogP contribution >= 0.6 is 0 Å². The molecule has 1 amide bonds. The lowest BCUT2D eigenvalue weighted by atomic mass is 10.2. The number of hydrogen-bond donors (Lipinski definition) is 1. The summed E-state index contributed by atoms with van der Waals surface area (Å²) in [4.78, 5) is 12.3. The fraction of sp³-hybridized carbons (Fsp3) is 0.857. The maximum Gasteiger partial charge on any atom is 0.231 e. The van der Waals surface area contributed by atoms with Crippen LogP contribution in [0.3, 0.4) is 0 Å². The van der Waals surface area contributed by atoms with Crippen molar-refractivity contribution in [1.82, 2.24) is 4.90 Å². The van der Waals surface area contributed by atoms with Crippen LogP contribution in [-0.2, 0) is 4.79 Å². The predicted octanol–water partition coefficient (Wildman–Crippen LogP) is -0.0944. The molecule has 1 rings (SSSR count). The van der Waals surface area contributed by atoms with Gasteiger partial charge in [-0.1, -0.05) is 0 Å². The Morgan fingerprint density at radius 3 is 3.00 bits per heavy atom. The molecule has 1 saturated heterocycles. The van der Waals surface area contributed by atoms with Gasteiger partial charge in [0, 0.05) is 6.04 Å². The Kier molecular flexibility index (Phi) is 2.82. The summed E-state index contributed by atoms with van der Waals surface area (Å²) in [5.74, 6) is -0.370. The topological polar surface area (TPSA) is 46.3 Å². The summed E-state index contributed by atoms with van der Waals surface area (Å²) in [5.41, 5.74) is 4.99. The molecule has 4 heteroatoms. The number of nitrogens with zero attached hydrogens (tertiary/aromatic N) is 1. The second-order valence-electron chi connectivity index (χ2n) is 2.89. The summed E-state index contributed by atoms with van der Waals surface area (Å²) in [6.45, 7) is 0.638. The Bertz CT molecular complexity index is 151. The van der Waals surface area contributed by atoms with Crippen molar-refractivity contribution in [3.05, 3.63) is 0 Å². The van der Waals surface area contributed by atoms with E-state index in [2.05, 4.69) is 0 Å². The van der Waals surface area contributed by atoms with Gasteiger partial charge >= 0.3 is 0 Å². The Labute approximate surface area is 65.3 Å². The van der Waals surface area contributed by atoms with Crippen molar-refractivity contribution in [1.29, 1.82) is 0 Å².